The molecule has 0 spiro atoms. The van der Waals surface area contributed by atoms with Crippen LogP contribution in [0.15, 0.2) is 55.4 Å². The molecule has 0 unspecified atom stereocenters. The molecule has 3 aromatic rings. The molecular formula is C20H23N5O2. The fourth-order valence-electron chi connectivity index (χ4n) is 3.26. The fraction of sp³-hybridized carbons (Fsp3) is 0.350. The molecule has 1 fully saturated rings. The highest BCUT2D eigenvalue weighted by Crippen LogP contribution is 2.28. The van der Waals surface area contributed by atoms with Gasteiger partial charge >= 0.3 is 0 Å². The van der Waals surface area contributed by atoms with E-state index >= 15 is 0 Å². The first-order valence-electron chi connectivity index (χ1n) is 9.12. The average molecular weight is 365 g/mol. The van der Waals surface area contributed by atoms with Crippen molar-refractivity contribution >= 4 is 0 Å². The third-order valence-corrected chi connectivity index (χ3v) is 4.75. The molecule has 2 aromatic heterocycles. The monoisotopic (exact) mass is 365 g/mol. The number of ether oxygens (including phenoxy) is 2. The van der Waals surface area contributed by atoms with Gasteiger partial charge in [-0.1, -0.05) is 12.1 Å². The largest absolute Gasteiger partial charge is 0.438 e. The van der Waals surface area contributed by atoms with Crippen LogP contribution in [0.3, 0.4) is 0 Å². The fourth-order valence-corrected chi connectivity index (χ4v) is 3.26. The Morgan fingerprint density at radius 3 is 2.81 bits per heavy atom. The Morgan fingerprint density at radius 1 is 1.19 bits per heavy atom. The first-order chi connectivity index (χ1) is 13.3. The molecule has 3 heterocycles. The van der Waals surface area contributed by atoms with Crippen LogP contribution in [-0.2, 0) is 18.3 Å². The van der Waals surface area contributed by atoms with E-state index in [1.54, 1.807) is 18.6 Å². The van der Waals surface area contributed by atoms with Gasteiger partial charge in [-0.3, -0.25) is 4.98 Å². The van der Waals surface area contributed by atoms with Gasteiger partial charge in [-0.05, 0) is 30.5 Å². The molecule has 1 aromatic carbocycles. The van der Waals surface area contributed by atoms with E-state index < -0.39 is 0 Å². The predicted molar refractivity (Wildman–Crippen MR) is 100 cm³/mol. The quantitative estimate of drug-likeness (QED) is 0.724. The van der Waals surface area contributed by atoms with Crippen molar-refractivity contribution in [2.75, 3.05) is 6.61 Å². The zero-order valence-corrected chi connectivity index (χ0v) is 15.3. The second-order valence-electron chi connectivity index (χ2n) is 6.68. The number of benzene rings is 1. The van der Waals surface area contributed by atoms with Crippen LogP contribution >= 0.6 is 0 Å². The van der Waals surface area contributed by atoms with Crippen LogP contribution in [0.1, 0.15) is 30.2 Å². The Kier molecular flexibility index (Phi) is 5.41. The molecule has 0 aliphatic carbocycles. The van der Waals surface area contributed by atoms with Crippen LogP contribution in [0.25, 0.3) is 0 Å². The summed E-state index contributed by atoms with van der Waals surface area (Å²) in [5, 5.41) is 3.65. The maximum Gasteiger partial charge on any atom is 0.237 e. The lowest BCUT2D eigenvalue weighted by atomic mass is 10.0. The van der Waals surface area contributed by atoms with Crippen molar-refractivity contribution < 1.29 is 9.47 Å². The summed E-state index contributed by atoms with van der Waals surface area (Å²) in [5.74, 6) is 1.24. The third kappa shape index (κ3) is 4.50. The van der Waals surface area contributed by atoms with Gasteiger partial charge in [-0.15, -0.1) is 0 Å². The van der Waals surface area contributed by atoms with Crippen LogP contribution < -0.4 is 10.1 Å². The summed E-state index contributed by atoms with van der Waals surface area (Å²) in [6.07, 6.45) is 10.6. The van der Waals surface area contributed by atoms with Crippen LogP contribution in [0.5, 0.6) is 11.6 Å². The van der Waals surface area contributed by atoms with Crippen molar-refractivity contribution in [3.8, 4) is 11.6 Å². The van der Waals surface area contributed by atoms with Gasteiger partial charge in [-0.2, -0.15) is 0 Å². The van der Waals surface area contributed by atoms with Gasteiger partial charge in [0.15, 0.2) is 0 Å². The first-order valence-corrected chi connectivity index (χ1v) is 9.12. The number of rotatable bonds is 6. The van der Waals surface area contributed by atoms with E-state index in [-0.39, 0.29) is 6.10 Å². The Hall–Kier alpha value is -2.77. The number of hydrogen-bond acceptors (Lipinski definition) is 6. The molecule has 1 N–H and O–H groups in total. The maximum atomic E-state index is 5.93. The predicted octanol–water partition coefficient (Wildman–Crippen LogP) is 3.01. The van der Waals surface area contributed by atoms with E-state index in [0.717, 1.165) is 37.4 Å². The van der Waals surface area contributed by atoms with Crippen LogP contribution in [0.2, 0.25) is 0 Å². The van der Waals surface area contributed by atoms with Gasteiger partial charge < -0.3 is 19.4 Å². The van der Waals surface area contributed by atoms with E-state index in [1.165, 1.54) is 5.56 Å². The highest BCUT2D eigenvalue weighted by atomic mass is 16.5. The van der Waals surface area contributed by atoms with Crippen molar-refractivity contribution in [3.63, 3.8) is 0 Å². The molecule has 0 amide bonds. The van der Waals surface area contributed by atoms with Crippen molar-refractivity contribution in [3.05, 3.63) is 66.6 Å². The number of nitrogens with zero attached hydrogens (tertiary/aromatic N) is 4. The Balaban J connectivity index is 1.30. The molecule has 140 valence electrons. The second kappa shape index (κ2) is 8.28. The van der Waals surface area contributed by atoms with Gasteiger partial charge in [0.25, 0.3) is 0 Å². The molecule has 27 heavy (non-hydrogen) atoms. The van der Waals surface area contributed by atoms with Crippen molar-refractivity contribution in [2.45, 2.75) is 31.5 Å². The smallest absolute Gasteiger partial charge is 0.237 e. The van der Waals surface area contributed by atoms with Gasteiger partial charge in [0.2, 0.25) is 5.88 Å². The molecule has 0 saturated carbocycles. The molecule has 7 nitrogen and oxygen atoms in total. The summed E-state index contributed by atoms with van der Waals surface area (Å²) >= 11 is 0. The lowest BCUT2D eigenvalue weighted by Gasteiger charge is -2.30. The number of aromatic nitrogens is 4. The van der Waals surface area contributed by atoms with E-state index in [9.17, 15) is 0 Å². The Morgan fingerprint density at radius 2 is 2.07 bits per heavy atom. The third-order valence-electron chi connectivity index (χ3n) is 4.75. The number of imidazole rings is 1. The normalized spacial score (nSPS) is 19.7. The first kappa shape index (κ1) is 17.6. The van der Waals surface area contributed by atoms with Crippen LogP contribution in [0.4, 0.5) is 0 Å². The molecule has 0 bridgehead atoms. The van der Waals surface area contributed by atoms with E-state index in [2.05, 4.69) is 32.4 Å². The zero-order valence-electron chi connectivity index (χ0n) is 15.3. The average Bonchev–Trinajstić information content (AvgIpc) is 3.14. The Labute approximate surface area is 158 Å². The number of nitrogens with one attached hydrogen (secondary N) is 1. The van der Waals surface area contributed by atoms with Crippen molar-refractivity contribution in [2.24, 2.45) is 7.05 Å². The minimum absolute atomic E-state index is 0.103. The lowest BCUT2D eigenvalue weighted by molar-refractivity contribution is -0.00404. The highest BCUT2D eigenvalue weighted by molar-refractivity contribution is 5.29. The second-order valence-corrected chi connectivity index (χ2v) is 6.68. The van der Waals surface area contributed by atoms with Crippen LogP contribution in [-0.4, -0.2) is 32.2 Å². The lowest BCUT2D eigenvalue weighted by Crippen LogP contribution is -2.36. The van der Waals surface area contributed by atoms with Gasteiger partial charge in [-0.25, -0.2) is 9.97 Å². The number of hydrogen-bond donors (Lipinski definition) is 1. The van der Waals surface area contributed by atoms with Gasteiger partial charge in [0.1, 0.15) is 11.9 Å². The SMILES string of the molecule is Cn1cncc1[C@H]1C[C@@H](NCc2ccc(Oc3cnccn3)cc2)CCO1. The summed E-state index contributed by atoms with van der Waals surface area (Å²) in [7, 11) is 2.01. The van der Waals surface area contributed by atoms with Gasteiger partial charge in [0.05, 0.1) is 24.4 Å². The van der Waals surface area contributed by atoms with E-state index in [0.29, 0.717) is 11.9 Å². The summed E-state index contributed by atoms with van der Waals surface area (Å²) in [5.41, 5.74) is 2.34. The molecular weight excluding hydrogens is 342 g/mol. The van der Waals surface area contributed by atoms with Gasteiger partial charge in [0, 0.05) is 38.6 Å². The molecule has 1 saturated heterocycles. The van der Waals surface area contributed by atoms with E-state index in [1.807, 2.05) is 36.3 Å². The molecule has 7 heteroatoms. The summed E-state index contributed by atoms with van der Waals surface area (Å²) in [4.78, 5) is 12.3. The van der Waals surface area contributed by atoms with E-state index in [4.69, 9.17) is 9.47 Å². The van der Waals surface area contributed by atoms with Crippen molar-refractivity contribution in [1.82, 2.24) is 24.8 Å². The standard InChI is InChI=1S/C20H23N5O2/c1-25-14-22-12-18(25)19-10-16(6-9-26-19)24-11-15-2-4-17(5-3-15)27-20-13-21-7-8-23-20/h2-5,7-8,12-14,16,19,24H,6,9-11H2,1H3/t16-,19+/m0/s1. The number of aryl methyl sites for hydroxylation is 1. The summed E-state index contributed by atoms with van der Waals surface area (Å²) in [6.45, 7) is 1.58. The zero-order chi connectivity index (χ0) is 18.5. The maximum absolute atomic E-state index is 5.93. The molecule has 1 aliphatic heterocycles. The van der Waals surface area contributed by atoms with Crippen molar-refractivity contribution in [1.29, 1.82) is 0 Å². The molecule has 1 aliphatic rings. The summed E-state index contributed by atoms with van der Waals surface area (Å²) in [6, 6.07) is 8.46. The molecule has 2 atom stereocenters. The topological polar surface area (TPSA) is 74.1 Å². The molecule has 0 radical (unpaired) electrons. The highest BCUT2D eigenvalue weighted by Gasteiger charge is 2.25. The van der Waals surface area contributed by atoms with Crippen LogP contribution in [0, 0.1) is 0 Å². The summed E-state index contributed by atoms with van der Waals surface area (Å²) < 4.78 is 13.6. The minimum Gasteiger partial charge on any atom is -0.438 e. The minimum atomic E-state index is 0.103. The Bertz CT molecular complexity index is 850. The molecule has 4 rings (SSSR count).